The first kappa shape index (κ1) is 12.9. The van der Waals surface area contributed by atoms with Crippen molar-refractivity contribution in [1.82, 2.24) is 0 Å². The highest BCUT2D eigenvalue weighted by Gasteiger charge is 2.18. The Morgan fingerprint density at radius 3 is 2.74 bits per heavy atom. The summed E-state index contributed by atoms with van der Waals surface area (Å²) in [5.41, 5.74) is 1.04. The highest BCUT2D eigenvalue weighted by Crippen LogP contribution is 2.28. The number of hydrogen-bond acceptors (Lipinski definition) is 2. The predicted molar refractivity (Wildman–Crippen MR) is 78.5 cm³/mol. The van der Waals surface area contributed by atoms with E-state index in [2.05, 4.69) is 28.1 Å². The molecule has 1 fully saturated rings. The summed E-state index contributed by atoms with van der Waals surface area (Å²) in [5.74, 6) is 0.397. The Morgan fingerprint density at radius 1 is 1.16 bits per heavy atom. The summed E-state index contributed by atoms with van der Waals surface area (Å²) in [6.45, 7) is 4.49. The Kier molecular flexibility index (Phi) is 3.73. The highest BCUT2D eigenvalue weighted by atomic mass is 79.9. The summed E-state index contributed by atoms with van der Waals surface area (Å²) in [4.78, 5) is 1.47. The third-order valence-electron chi connectivity index (χ3n) is 3.70. The van der Waals surface area contributed by atoms with Crippen molar-refractivity contribution in [1.29, 1.82) is 0 Å². The van der Waals surface area contributed by atoms with Gasteiger partial charge in [-0.1, -0.05) is 28.1 Å². The van der Waals surface area contributed by atoms with Crippen LogP contribution < -0.4 is 4.90 Å². The van der Waals surface area contributed by atoms with Crippen LogP contribution in [-0.4, -0.2) is 31.4 Å². The lowest BCUT2D eigenvalue weighted by Crippen LogP contribution is -3.12. The molecule has 0 aromatic heterocycles. The van der Waals surface area contributed by atoms with Crippen LogP contribution in [0.4, 0.5) is 0 Å². The summed E-state index contributed by atoms with van der Waals surface area (Å²) in [6.07, 6.45) is 0. The largest absolute Gasteiger partial charge is 0.507 e. The van der Waals surface area contributed by atoms with Crippen LogP contribution in [-0.2, 0) is 11.3 Å². The quantitative estimate of drug-likeness (QED) is 0.882. The minimum Gasteiger partial charge on any atom is -0.507 e. The maximum Gasteiger partial charge on any atom is 0.125 e. The number of fused-ring (bicyclic) bond motifs is 1. The molecule has 0 bridgehead atoms. The third kappa shape index (κ3) is 2.76. The van der Waals surface area contributed by atoms with E-state index in [0.29, 0.717) is 5.75 Å². The Hall–Kier alpha value is -1.10. The van der Waals surface area contributed by atoms with Crippen molar-refractivity contribution in [2.45, 2.75) is 6.54 Å². The average Bonchev–Trinajstić information content (AvgIpc) is 2.43. The van der Waals surface area contributed by atoms with Gasteiger partial charge in [-0.3, -0.25) is 0 Å². The Morgan fingerprint density at radius 2 is 1.95 bits per heavy atom. The molecule has 19 heavy (non-hydrogen) atoms. The summed E-state index contributed by atoms with van der Waals surface area (Å²) < 4.78 is 6.45. The van der Waals surface area contributed by atoms with Gasteiger partial charge in [-0.2, -0.15) is 0 Å². The molecule has 0 saturated carbocycles. The Labute approximate surface area is 120 Å². The van der Waals surface area contributed by atoms with Crippen LogP contribution >= 0.6 is 15.9 Å². The number of ether oxygens (including phenoxy) is 1. The summed E-state index contributed by atoms with van der Waals surface area (Å²) >= 11 is 3.49. The molecular weight excluding hydrogens is 306 g/mol. The van der Waals surface area contributed by atoms with E-state index in [1.807, 2.05) is 12.1 Å². The number of quaternary nitrogens is 1. The zero-order valence-electron chi connectivity index (χ0n) is 10.7. The topological polar surface area (TPSA) is 33.9 Å². The zero-order valence-corrected chi connectivity index (χ0v) is 12.2. The predicted octanol–water partition coefficient (Wildman–Crippen LogP) is 1.72. The van der Waals surface area contributed by atoms with Crippen LogP contribution in [0.5, 0.6) is 5.75 Å². The molecule has 100 valence electrons. The molecule has 4 heteroatoms. The molecule has 2 N–H and O–H groups in total. The summed E-state index contributed by atoms with van der Waals surface area (Å²) in [5, 5.41) is 12.5. The van der Waals surface area contributed by atoms with Crippen LogP contribution in [0.15, 0.2) is 34.8 Å². The molecule has 1 saturated heterocycles. The number of aromatic hydroxyl groups is 1. The molecule has 1 aliphatic heterocycles. The van der Waals surface area contributed by atoms with E-state index in [0.717, 1.165) is 53.7 Å². The number of rotatable bonds is 2. The lowest BCUT2D eigenvalue weighted by atomic mass is 10.0. The van der Waals surface area contributed by atoms with Gasteiger partial charge in [-0.05, 0) is 29.0 Å². The number of morpholine rings is 1. The molecule has 2 aromatic rings. The molecule has 0 unspecified atom stereocenters. The molecule has 3 nitrogen and oxygen atoms in total. The van der Waals surface area contributed by atoms with Gasteiger partial charge in [0.2, 0.25) is 0 Å². The lowest BCUT2D eigenvalue weighted by Gasteiger charge is -2.24. The molecule has 3 rings (SSSR count). The minimum atomic E-state index is 0.397. The fraction of sp³-hybridized carbons (Fsp3) is 0.333. The SMILES string of the molecule is Oc1ccc2cc(Br)ccc2c1C[NH+]1CCOCC1. The number of halogens is 1. The smallest absolute Gasteiger partial charge is 0.125 e. The monoisotopic (exact) mass is 322 g/mol. The third-order valence-corrected chi connectivity index (χ3v) is 4.19. The van der Waals surface area contributed by atoms with Gasteiger partial charge in [0.1, 0.15) is 25.4 Å². The second-order valence-corrected chi connectivity index (χ2v) is 5.88. The number of hydrogen-bond donors (Lipinski definition) is 2. The van der Waals surface area contributed by atoms with E-state index in [1.54, 1.807) is 6.07 Å². The second kappa shape index (κ2) is 5.49. The van der Waals surface area contributed by atoms with Crippen LogP contribution in [0.25, 0.3) is 10.8 Å². The molecule has 0 atom stereocenters. The van der Waals surface area contributed by atoms with Gasteiger partial charge in [0.15, 0.2) is 0 Å². The normalized spacial score (nSPS) is 16.9. The van der Waals surface area contributed by atoms with E-state index in [9.17, 15) is 5.11 Å². The minimum absolute atomic E-state index is 0.397. The lowest BCUT2D eigenvalue weighted by molar-refractivity contribution is -0.921. The van der Waals surface area contributed by atoms with Crippen molar-refractivity contribution < 1.29 is 14.7 Å². The molecule has 0 radical (unpaired) electrons. The number of phenolic OH excluding ortho intramolecular Hbond substituents is 1. The maximum atomic E-state index is 10.2. The van der Waals surface area contributed by atoms with E-state index in [1.165, 1.54) is 4.90 Å². The van der Waals surface area contributed by atoms with E-state index < -0.39 is 0 Å². The van der Waals surface area contributed by atoms with Gasteiger partial charge >= 0.3 is 0 Å². The molecule has 1 aliphatic rings. The molecule has 2 aromatic carbocycles. The van der Waals surface area contributed by atoms with Crippen molar-refractivity contribution in [2.24, 2.45) is 0 Å². The van der Waals surface area contributed by atoms with Crippen LogP contribution in [0.3, 0.4) is 0 Å². The van der Waals surface area contributed by atoms with Crippen molar-refractivity contribution in [2.75, 3.05) is 26.3 Å². The van der Waals surface area contributed by atoms with Gasteiger partial charge in [0.25, 0.3) is 0 Å². The van der Waals surface area contributed by atoms with E-state index in [-0.39, 0.29) is 0 Å². The standard InChI is InChI=1S/C15H16BrNO2/c16-12-2-3-13-11(9-12)1-4-15(18)14(13)10-17-5-7-19-8-6-17/h1-4,9,18H,5-8,10H2/p+1. The molecular formula is C15H17BrNO2+. The van der Waals surface area contributed by atoms with Crippen LogP contribution in [0.1, 0.15) is 5.56 Å². The van der Waals surface area contributed by atoms with Crippen molar-refractivity contribution in [3.63, 3.8) is 0 Å². The Bertz CT molecular complexity index is 594. The fourth-order valence-corrected chi connectivity index (χ4v) is 3.01. The second-order valence-electron chi connectivity index (χ2n) is 4.97. The molecule has 0 aliphatic carbocycles. The van der Waals surface area contributed by atoms with Gasteiger partial charge in [-0.25, -0.2) is 0 Å². The zero-order chi connectivity index (χ0) is 13.2. The van der Waals surface area contributed by atoms with Crippen molar-refractivity contribution >= 4 is 26.7 Å². The van der Waals surface area contributed by atoms with E-state index >= 15 is 0 Å². The number of benzene rings is 2. The first-order valence-electron chi connectivity index (χ1n) is 6.55. The molecule has 1 heterocycles. The van der Waals surface area contributed by atoms with Crippen molar-refractivity contribution in [3.8, 4) is 5.75 Å². The molecule has 0 spiro atoms. The number of phenols is 1. The maximum absolute atomic E-state index is 10.2. The van der Waals surface area contributed by atoms with Crippen LogP contribution in [0.2, 0.25) is 0 Å². The van der Waals surface area contributed by atoms with Gasteiger partial charge in [0.05, 0.1) is 18.8 Å². The molecule has 0 amide bonds. The van der Waals surface area contributed by atoms with Crippen molar-refractivity contribution in [3.05, 3.63) is 40.4 Å². The summed E-state index contributed by atoms with van der Waals surface area (Å²) in [7, 11) is 0. The van der Waals surface area contributed by atoms with Gasteiger partial charge in [0, 0.05) is 4.47 Å². The van der Waals surface area contributed by atoms with Gasteiger partial charge < -0.3 is 14.7 Å². The fourth-order valence-electron chi connectivity index (χ4n) is 2.63. The highest BCUT2D eigenvalue weighted by molar-refractivity contribution is 9.10. The van der Waals surface area contributed by atoms with Crippen LogP contribution in [0, 0.1) is 0 Å². The summed E-state index contributed by atoms with van der Waals surface area (Å²) in [6, 6.07) is 9.96. The average molecular weight is 323 g/mol. The Balaban J connectivity index is 1.98. The first-order valence-corrected chi connectivity index (χ1v) is 7.35. The van der Waals surface area contributed by atoms with E-state index in [4.69, 9.17) is 4.74 Å². The first-order chi connectivity index (χ1) is 9.24. The van der Waals surface area contributed by atoms with Gasteiger partial charge in [-0.15, -0.1) is 0 Å². The number of nitrogens with one attached hydrogen (secondary N) is 1.